The summed E-state index contributed by atoms with van der Waals surface area (Å²) in [5, 5.41) is 6.29. The molecule has 6 heteroatoms. The molecule has 146 valence electrons. The van der Waals surface area contributed by atoms with Gasteiger partial charge in [0.1, 0.15) is 5.75 Å². The van der Waals surface area contributed by atoms with Crippen LogP contribution in [0.3, 0.4) is 0 Å². The number of nitrogens with one attached hydrogen (secondary N) is 2. The van der Waals surface area contributed by atoms with Gasteiger partial charge in [-0.15, -0.1) is 0 Å². The number of hydrogen-bond donors (Lipinski definition) is 2. The van der Waals surface area contributed by atoms with Crippen molar-refractivity contribution in [3.8, 4) is 5.75 Å². The van der Waals surface area contributed by atoms with Crippen molar-refractivity contribution in [2.75, 3.05) is 0 Å². The van der Waals surface area contributed by atoms with Gasteiger partial charge in [-0.2, -0.15) is 0 Å². The van der Waals surface area contributed by atoms with Crippen molar-refractivity contribution >= 4 is 34.0 Å². The lowest BCUT2D eigenvalue weighted by Gasteiger charge is -2.30. The van der Waals surface area contributed by atoms with Gasteiger partial charge in [0.15, 0.2) is 0 Å². The number of rotatable bonds is 5. The van der Waals surface area contributed by atoms with Crippen molar-refractivity contribution in [3.05, 3.63) is 74.6 Å². The summed E-state index contributed by atoms with van der Waals surface area (Å²) < 4.78 is 6.17. The van der Waals surface area contributed by atoms with E-state index in [2.05, 4.69) is 16.4 Å². The standard InChI is InChI=1S/C22H22Cl2N2O2/c23-19-4-2-1-3-15(19)13-26-16-5-7-17(8-6-16)28-21-11-14-9-10-25-22(27)18(14)12-20(21)24/h1-4,9-12,16-17,26H,5-8,13H2,(H,25,27). The molecule has 0 atom stereocenters. The van der Waals surface area contributed by atoms with Gasteiger partial charge >= 0.3 is 0 Å². The highest BCUT2D eigenvalue weighted by atomic mass is 35.5. The maximum Gasteiger partial charge on any atom is 0.255 e. The second-order valence-electron chi connectivity index (χ2n) is 7.24. The molecule has 1 aromatic heterocycles. The zero-order valence-electron chi connectivity index (χ0n) is 15.4. The smallest absolute Gasteiger partial charge is 0.255 e. The van der Waals surface area contributed by atoms with Crippen LogP contribution in [0.5, 0.6) is 5.75 Å². The summed E-state index contributed by atoms with van der Waals surface area (Å²) in [4.78, 5) is 14.5. The van der Waals surface area contributed by atoms with E-state index in [-0.39, 0.29) is 11.7 Å². The molecule has 0 amide bonds. The van der Waals surface area contributed by atoms with Gasteiger partial charge in [0.2, 0.25) is 0 Å². The second kappa shape index (κ2) is 8.56. The number of aromatic nitrogens is 1. The number of fused-ring (bicyclic) bond motifs is 1. The molecule has 0 bridgehead atoms. The van der Waals surface area contributed by atoms with Crippen LogP contribution in [0.2, 0.25) is 10.0 Å². The quantitative estimate of drug-likeness (QED) is 0.591. The van der Waals surface area contributed by atoms with Crippen molar-refractivity contribution in [2.24, 2.45) is 0 Å². The minimum atomic E-state index is -0.143. The van der Waals surface area contributed by atoms with Crippen LogP contribution in [0.15, 0.2) is 53.5 Å². The molecule has 1 heterocycles. The van der Waals surface area contributed by atoms with Crippen LogP contribution >= 0.6 is 23.2 Å². The van der Waals surface area contributed by atoms with E-state index in [9.17, 15) is 4.79 Å². The van der Waals surface area contributed by atoms with Crippen molar-refractivity contribution < 1.29 is 4.74 Å². The molecule has 2 N–H and O–H groups in total. The van der Waals surface area contributed by atoms with Crippen LogP contribution in [0.1, 0.15) is 31.2 Å². The van der Waals surface area contributed by atoms with Gasteiger partial charge in [0, 0.05) is 29.2 Å². The highest BCUT2D eigenvalue weighted by molar-refractivity contribution is 6.33. The fourth-order valence-corrected chi connectivity index (χ4v) is 4.15. The molecular weight excluding hydrogens is 395 g/mol. The predicted molar refractivity (Wildman–Crippen MR) is 115 cm³/mol. The molecule has 1 aliphatic carbocycles. The number of aromatic amines is 1. The summed E-state index contributed by atoms with van der Waals surface area (Å²) in [7, 11) is 0. The zero-order valence-corrected chi connectivity index (χ0v) is 16.9. The molecule has 0 radical (unpaired) electrons. The van der Waals surface area contributed by atoms with Crippen LogP contribution in [-0.2, 0) is 6.54 Å². The Labute approximate surface area is 173 Å². The van der Waals surface area contributed by atoms with Crippen molar-refractivity contribution in [1.29, 1.82) is 0 Å². The van der Waals surface area contributed by atoms with Crippen LogP contribution < -0.4 is 15.6 Å². The van der Waals surface area contributed by atoms with Crippen LogP contribution in [0, 0.1) is 0 Å². The maximum atomic E-state index is 11.9. The molecular formula is C22H22Cl2N2O2. The lowest BCUT2D eigenvalue weighted by Crippen LogP contribution is -2.36. The van der Waals surface area contributed by atoms with E-state index in [0.717, 1.165) is 48.2 Å². The Balaban J connectivity index is 1.34. The molecule has 3 aromatic rings. The Morgan fingerprint density at radius 3 is 2.61 bits per heavy atom. The van der Waals surface area contributed by atoms with Crippen LogP contribution in [0.25, 0.3) is 10.8 Å². The first kappa shape index (κ1) is 19.3. The Morgan fingerprint density at radius 2 is 1.82 bits per heavy atom. The molecule has 4 rings (SSSR count). The first-order chi connectivity index (χ1) is 13.6. The topological polar surface area (TPSA) is 54.1 Å². The van der Waals surface area contributed by atoms with Crippen LogP contribution in [-0.4, -0.2) is 17.1 Å². The van der Waals surface area contributed by atoms with E-state index in [1.54, 1.807) is 12.3 Å². The molecule has 28 heavy (non-hydrogen) atoms. The summed E-state index contributed by atoms with van der Waals surface area (Å²) in [6.07, 6.45) is 5.78. The molecule has 0 spiro atoms. The van der Waals surface area contributed by atoms with E-state index in [1.807, 2.05) is 30.3 Å². The Hall–Kier alpha value is -2.01. The minimum Gasteiger partial charge on any atom is -0.489 e. The summed E-state index contributed by atoms with van der Waals surface area (Å²) in [5.74, 6) is 0.646. The third-order valence-electron chi connectivity index (χ3n) is 5.33. The van der Waals surface area contributed by atoms with Crippen molar-refractivity contribution in [1.82, 2.24) is 10.3 Å². The lowest BCUT2D eigenvalue weighted by atomic mass is 9.92. The van der Waals surface area contributed by atoms with E-state index in [0.29, 0.717) is 22.2 Å². The lowest BCUT2D eigenvalue weighted by molar-refractivity contribution is 0.139. The molecule has 1 fully saturated rings. The van der Waals surface area contributed by atoms with Gasteiger partial charge in [-0.25, -0.2) is 0 Å². The largest absolute Gasteiger partial charge is 0.489 e. The maximum absolute atomic E-state index is 11.9. The monoisotopic (exact) mass is 416 g/mol. The van der Waals surface area contributed by atoms with E-state index in [4.69, 9.17) is 27.9 Å². The van der Waals surface area contributed by atoms with Gasteiger partial charge < -0.3 is 15.0 Å². The summed E-state index contributed by atoms with van der Waals surface area (Å²) in [5.41, 5.74) is 0.983. The van der Waals surface area contributed by atoms with E-state index >= 15 is 0 Å². The first-order valence-corrected chi connectivity index (χ1v) is 10.3. The number of benzene rings is 2. The number of H-pyrrole nitrogens is 1. The number of hydrogen-bond acceptors (Lipinski definition) is 3. The third kappa shape index (κ3) is 4.35. The fourth-order valence-electron chi connectivity index (χ4n) is 3.74. The van der Waals surface area contributed by atoms with Gasteiger partial charge in [-0.1, -0.05) is 41.4 Å². The molecule has 1 aliphatic rings. The van der Waals surface area contributed by atoms with Gasteiger partial charge in [0.05, 0.1) is 11.1 Å². The van der Waals surface area contributed by atoms with Gasteiger partial charge in [-0.05, 0) is 60.9 Å². The zero-order chi connectivity index (χ0) is 19.5. The van der Waals surface area contributed by atoms with Crippen molar-refractivity contribution in [2.45, 2.75) is 44.4 Å². The molecule has 2 aromatic carbocycles. The first-order valence-electron chi connectivity index (χ1n) is 9.54. The summed E-state index contributed by atoms with van der Waals surface area (Å²) in [6.45, 7) is 0.779. The minimum absolute atomic E-state index is 0.135. The van der Waals surface area contributed by atoms with Crippen molar-refractivity contribution in [3.63, 3.8) is 0 Å². The average Bonchev–Trinajstić information content (AvgIpc) is 2.70. The Morgan fingerprint density at radius 1 is 1.04 bits per heavy atom. The summed E-state index contributed by atoms with van der Waals surface area (Å²) in [6, 6.07) is 13.8. The molecule has 1 saturated carbocycles. The van der Waals surface area contributed by atoms with E-state index < -0.39 is 0 Å². The normalized spacial score (nSPS) is 19.6. The molecule has 0 unspecified atom stereocenters. The highest BCUT2D eigenvalue weighted by Crippen LogP contribution is 2.32. The second-order valence-corrected chi connectivity index (χ2v) is 8.05. The number of ether oxygens (including phenoxy) is 1. The van der Waals surface area contributed by atoms with Crippen LogP contribution in [0.4, 0.5) is 0 Å². The fraction of sp³-hybridized carbons (Fsp3) is 0.318. The number of pyridine rings is 1. The molecule has 0 aliphatic heterocycles. The van der Waals surface area contributed by atoms with E-state index in [1.165, 1.54) is 0 Å². The Bertz CT molecular complexity index is 1030. The summed E-state index contributed by atoms with van der Waals surface area (Å²) >= 11 is 12.6. The molecule has 0 saturated heterocycles. The average molecular weight is 417 g/mol. The third-order valence-corrected chi connectivity index (χ3v) is 6.00. The predicted octanol–water partition coefficient (Wildman–Crippen LogP) is 5.31. The van der Waals surface area contributed by atoms with Gasteiger partial charge in [0.25, 0.3) is 5.56 Å². The Kier molecular flexibility index (Phi) is 5.90. The highest BCUT2D eigenvalue weighted by Gasteiger charge is 2.23. The number of halogens is 2. The SMILES string of the molecule is O=c1[nH]ccc2cc(OC3CCC(NCc4ccccc4Cl)CC3)c(Cl)cc12. The molecule has 4 nitrogen and oxygen atoms in total. The van der Waals surface area contributed by atoms with Gasteiger partial charge in [-0.3, -0.25) is 4.79 Å².